The lowest BCUT2D eigenvalue weighted by atomic mass is 10.1. The van der Waals surface area contributed by atoms with E-state index in [0.29, 0.717) is 17.1 Å². The number of fused-ring (bicyclic) bond motifs is 1. The Kier molecular flexibility index (Phi) is 3.36. The summed E-state index contributed by atoms with van der Waals surface area (Å²) in [5.41, 5.74) is 2.65. The van der Waals surface area contributed by atoms with Crippen LogP contribution in [0.1, 0.15) is 10.4 Å². The molecule has 3 nitrogen and oxygen atoms in total. The molecule has 1 aliphatic rings. The summed E-state index contributed by atoms with van der Waals surface area (Å²) < 4.78 is 0. The summed E-state index contributed by atoms with van der Waals surface area (Å²) in [6, 6.07) is 15.0. The molecule has 20 heavy (non-hydrogen) atoms. The van der Waals surface area contributed by atoms with Gasteiger partial charge in [-0.1, -0.05) is 29.8 Å². The number of halogens is 1. The van der Waals surface area contributed by atoms with E-state index in [2.05, 4.69) is 4.90 Å². The van der Waals surface area contributed by atoms with Gasteiger partial charge in [-0.05, 0) is 30.3 Å². The molecule has 2 aromatic carbocycles. The minimum atomic E-state index is -0.00644. The number of rotatable bonds is 1. The lowest BCUT2D eigenvalue weighted by Crippen LogP contribution is -2.42. The molecule has 0 bridgehead atoms. The molecule has 3 rings (SSSR count). The molecule has 0 saturated heterocycles. The van der Waals surface area contributed by atoms with Crippen LogP contribution in [0.15, 0.2) is 48.5 Å². The topological polar surface area (TPSA) is 23.6 Å². The molecule has 0 N–H and O–H groups in total. The SMILES string of the molecule is CN1CCN(C(=O)c2cccc(Cl)c2)c2ccccc21. The largest absolute Gasteiger partial charge is 0.371 e. The molecule has 102 valence electrons. The van der Waals surface area contributed by atoms with Crippen LogP contribution in [0.5, 0.6) is 0 Å². The summed E-state index contributed by atoms with van der Waals surface area (Å²) in [4.78, 5) is 16.7. The standard InChI is InChI=1S/C16H15ClN2O/c1-18-9-10-19(15-8-3-2-7-14(15)18)16(20)12-5-4-6-13(17)11-12/h2-8,11H,9-10H2,1H3. The Morgan fingerprint density at radius 1 is 1.05 bits per heavy atom. The molecule has 0 unspecified atom stereocenters. The van der Waals surface area contributed by atoms with Crippen molar-refractivity contribution >= 4 is 28.9 Å². The lowest BCUT2D eigenvalue weighted by molar-refractivity contribution is 0.0987. The van der Waals surface area contributed by atoms with Crippen LogP contribution < -0.4 is 9.80 Å². The number of nitrogens with zero attached hydrogens (tertiary/aromatic N) is 2. The number of likely N-dealkylation sites (N-methyl/N-ethyl adjacent to an activating group) is 1. The molecule has 0 aliphatic carbocycles. The summed E-state index contributed by atoms with van der Waals surface area (Å²) in [5.74, 6) is -0.00644. The van der Waals surface area contributed by atoms with Crippen LogP contribution in [-0.4, -0.2) is 26.0 Å². The molecule has 0 spiro atoms. The van der Waals surface area contributed by atoms with Crippen LogP contribution in [0.4, 0.5) is 11.4 Å². The van der Waals surface area contributed by atoms with Crippen LogP contribution in [0.3, 0.4) is 0 Å². The quantitative estimate of drug-likeness (QED) is 0.802. The minimum Gasteiger partial charge on any atom is -0.371 e. The van der Waals surface area contributed by atoms with Crippen LogP contribution in [0.2, 0.25) is 5.02 Å². The zero-order chi connectivity index (χ0) is 14.1. The first-order valence-electron chi connectivity index (χ1n) is 6.54. The van der Waals surface area contributed by atoms with Gasteiger partial charge < -0.3 is 9.80 Å². The fourth-order valence-electron chi connectivity index (χ4n) is 2.49. The normalized spacial score (nSPS) is 14.1. The molecule has 0 atom stereocenters. The Morgan fingerprint density at radius 2 is 1.80 bits per heavy atom. The van der Waals surface area contributed by atoms with Crippen molar-refractivity contribution < 1.29 is 4.79 Å². The smallest absolute Gasteiger partial charge is 0.258 e. The van der Waals surface area contributed by atoms with Gasteiger partial charge in [-0.15, -0.1) is 0 Å². The maximum atomic E-state index is 12.7. The Hall–Kier alpha value is -2.00. The van der Waals surface area contributed by atoms with Gasteiger partial charge in [0.1, 0.15) is 0 Å². The number of hydrogen-bond donors (Lipinski definition) is 0. The van der Waals surface area contributed by atoms with Crippen molar-refractivity contribution in [3.63, 3.8) is 0 Å². The molecule has 4 heteroatoms. The van der Waals surface area contributed by atoms with Gasteiger partial charge >= 0.3 is 0 Å². The van der Waals surface area contributed by atoms with E-state index in [1.54, 1.807) is 24.3 Å². The van der Waals surface area contributed by atoms with Crippen molar-refractivity contribution in [2.45, 2.75) is 0 Å². The molecule has 0 aromatic heterocycles. The second kappa shape index (κ2) is 5.17. The number of para-hydroxylation sites is 2. The van der Waals surface area contributed by atoms with Crippen molar-refractivity contribution in [3.8, 4) is 0 Å². The van der Waals surface area contributed by atoms with Crippen molar-refractivity contribution in [1.82, 2.24) is 0 Å². The van der Waals surface area contributed by atoms with Crippen LogP contribution >= 0.6 is 11.6 Å². The Labute approximate surface area is 123 Å². The minimum absolute atomic E-state index is 0.00644. The number of carbonyl (C=O) groups is 1. The van der Waals surface area contributed by atoms with Gasteiger partial charge in [-0.25, -0.2) is 0 Å². The lowest BCUT2D eigenvalue weighted by Gasteiger charge is -2.35. The van der Waals surface area contributed by atoms with Gasteiger partial charge in [0, 0.05) is 30.7 Å². The summed E-state index contributed by atoms with van der Waals surface area (Å²) in [7, 11) is 2.04. The van der Waals surface area contributed by atoms with Gasteiger partial charge in [0.25, 0.3) is 5.91 Å². The number of benzene rings is 2. The number of amides is 1. The Bertz CT molecular complexity index is 656. The highest BCUT2D eigenvalue weighted by Gasteiger charge is 2.25. The van der Waals surface area contributed by atoms with E-state index in [-0.39, 0.29) is 5.91 Å². The third-order valence-corrected chi connectivity index (χ3v) is 3.79. The molecular formula is C16H15ClN2O. The monoisotopic (exact) mass is 286 g/mol. The zero-order valence-corrected chi connectivity index (χ0v) is 12.0. The number of anilines is 2. The zero-order valence-electron chi connectivity index (χ0n) is 11.2. The van der Waals surface area contributed by atoms with E-state index in [0.717, 1.165) is 17.9 Å². The van der Waals surface area contributed by atoms with Crippen molar-refractivity contribution in [3.05, 3.63) is 59.1 Å². The summed E-state index contributed by atoms with van der Waals surface area (Å²) in [5, 5.41) is 0.582. The van der Waals surface area contributed by atoms with E-state index >= 15 is 0 Å². The second-order valence-corrected chi connectivity index (χ2v) is 5.31. The Balaban J connectivity index is 1.99. The molecule has 1 aliphatic heterocycles. The molecule has 0 radical (unpaired) electrons. The summed E-state index contributed by atoms with van der Waals surface area (Å²) in [6.45, 7) is 1.50. The maximum absolute atomic E-state index is 12.7. The van der Waals surface area contributed by atoms with E-state index < -0.39 is 0 Å². The van der Waals surface area contributed by atoms with Gasteiger partial charge in [0.15, 0.2) is 0 Å². The summed E-state index contributed by atoms with van der Waals surface area (Å²) in [6.07, 6.45) is 0. The first kappa shape index (κ1) is 13.0. The van der Waals surface area contributed by atoms with Gasteiger partial charge in [-0.3, -0.25) is 4.79 Å². The number of carbonyl (C=O) groups excluding carboxylic acids is 1. The first-order chi connectivity index (χ1) is 9.66. The van der Waals surface area contributed by atoms with Gasteiger partial charge in [0.2, 0.25) is 0 Å². The highest BCUT2D eigenvalue weighted by Crippen LogP contribution is 2.32. The fraction of sp³-hybridized carbons (Fsp3) is 0.188. The third kappa shape index (κ3) is 2.25. The molecule has 1 amide bonds. The van der Waals surface area contributed by atoms with E-state index in [4.69, 9.17) is 11.6 Å². The van der Waals surface area contributed by atoms with Crippen molar-refractivity contribution in [1.29, 1.82) is 0 Å². The van der Waals surface area contributed by atoms with Crippen molar-refractivity contribution in [2.24, 2.45) is 0 Å². The van der Waals surface area contributed by atoms with Crippen molar-refractivity contribution in [2.75, 3.05) is 29.9 Å². The van der Waals surface area contributed by atoms with Gasteiger partial charge in [0.05, 0.1) is 11.4 Å². The maximum Gasteiger partial charge on any atom is 0.258 e. The van der Waals surface area contributed by atoms with Crippen LogP contribution in [-0.2, 0) is 0 Å². The summed E-state index contributed by atoms with van der Waals surface area (Å²) >= 11 is 5.97. The molecule has 1 heterocycles. The molecule has 0 fully saturated rings. The predicted molar refractivity (Wildman–Crippen MR) is 82.8 cm³/mol. The molecule has 0 saturated carbocycles. The third-order valence-electron chi connectivity index (χ3n) is 3.56. The average molecular weight is 287 g/mol. The average Bonchev–Trinajstić information content (AvgIpc) is 2.47. The van der Waals surface area contributed by atoms with Gasteiger partial charge in [-0.2, -0.15) is 0 Å². The second-order valence-electron chi connectivity index (χ2n) is 4.88. The highest BCUT2D eigenvalue weighted by molar-refractivity contribution is 6.31. The van der Waals surface area contributed by atoms with E-state index in [9.17, 15) is 4.79 Å². The van der Waals surface area contributed by atoms with Crippen LogP contribution in [0.25, 0.3) is 0 Å². The predicted octanol–water partition coefficient (Wildman–Crippen LogP) is 3.44. The number of hydrogen-bond acceptors (Lipinski definition) is 2. The molecule has 2 aromatic rings. The molecular weight excluding hydrogens is 272 g/mol. The highest BCUT2D eigenvalue weighted by atomic mass is 35.5. The Morgan fingerprint density at radius 3 is 2.55 bits per heavy atom. The fourth-order valence-corrected chi connectivity index (χ4v) is 2.68. The van der Waals surface area contributed by atoms with E-state index in [1.165, 1.54) is 0 Å². The first-order valence-corrected chi connectivity index (χ1v) is 6.92. The van der Waals surface area contributed by atoms with Crippen LogP contribution in [0, 0.1) is 0 Å². The van der Waals surface area contributed by atoms with E-state index in [1.807, 2.05) is 36.2 Å².